The van der Waals surface area contributed by atoms with E-state index in [1.165, 1.54) is 0 Å². The third kappa shape index (κ3) is 3.08. The number of nitrogens with one attached hydrogen (secondary N) is 1. The molecule has 0 amide bonds. The average Bonchev–Trinajstić information content (AvgIpc) is 2.26. The summed E-state index contributed by atoms with van der Waals surface area (Å²) in [6.45, 7) is 4.35. The SMILES string of the molecule is CC(C)OCC1CCS(=O)(=O)N1. The fourth-order valence-corrected chi connectivity index (χ4v) is 2.50. The highest BCUT2D eigenvalue weighted by Crippen LogP contribution is 2.08. The van der Waals surface area contributed by atoms with Gasteiger partial charge in [0.2, 0.25) is 10.0 Å². The summed E-state index contributed by atoms with van der Waals surface area (Å²) in [7, 11) is -2.97. The van der Waals surface area contributed by atoms with E-state index in [-0.39, 0.29) is 17.9 Å². The fraction of sp³-hybridized carbons (Fsp3) is 1.00. The van der Waals surface area contributed by atoms with Crippen molar-refractivity contribution in [3.8, 4) is 0 Å². The van der Waals surface area contributed by atoms with Gasteiger partial charge in [-0.15, -0.1) is 0 Å². The van der Waals surface area contributed by atoms with E-state index in [1.54, 1.807) is 0 Å². The van der Waals surface area contributed by atoms with Gasteiger partial charge in [0.05, 0.1) is 18.5 Å². The first-order valence-electron chi connectivity index (χ1n) is 4.11. The van der Waals surface area contributed by atoms with Crippen molar-refractivity contribution < 1.29 is 13.2 Å². The quantitative estimate of drug-likeness (QED) is 0.691. The molecule has 0 aromatic carbocycles. The van der Waals surface area contributed by atoms with Crippen molar-refractivity contribution in [2.75, 3.05) is 12.4 Å². The van der Waals surface area contributed by atoms with E-state index in [0.29, 0.717) is 13.0 Å². The molecule has 0 aliphatic carbocycles. The molecule has 0 aromatic rings. The number of sulfonamides is 1. The summed E-state index contributed by atoms with van der Waals surface area (Å²) in [4.78, 5) is 0. The average molecular weight is 193 g/mol. The largest absolute Gasteiger partial charge is 0.377 e. The van der Waals surface area contributed by atoms with Gasteiger partial charge in [0, 0.05) is 6.04 Å². The molecule has 1 heterocycles. The lowest BCUT2D eigenvalue weighted by Crippen LogP contribution is -2.30. The van der Waals surface area contributed by atoms with Gasteiger partial charge in [-0.2, -0.15) is 0 Å². The first-order chi connectivity index (χ1) is 5.49. The van der Waals surface area contributed by atoms with Crippen LogP contribution in [0.4, 0.5) is 0 Å². The lowest BCUT2D eigenvalue weighted by Gasteiger charge is -2.11. The highest BCUT2D eigenvalue weighted by Gasteiger charge is 2.26. The van der Waals surface area contributed by atoms with Crippen LogP contribution < -0.4 is 4.72 Å². The minimum Gasteiger partial charge on any atom is -0.377 e. The maximum absolute atomic E-state index is 10.9. The minimum absolute atomic E-state index is 0.0163. The minimum atomic E-state index is -2.97. The summed E-state index contributed by atoms with van der Waals surface area (Å²) in [5, 5.41) is 0. The maximum Gasteiger partial charge on any atom is 0.211 e. The topological polar surface area (TPSA) is 55.4 Å². The molecule has 0 radical (unpaired) electrons. The zero-order valence-electron chi connectivity index (χ0n) is 7.41. The predicted octanol–water partition coefficient (Wildman–Crippen LogP) is 0.103. The zero-order valence-corrected chi connectivity index (χ0v) is 8.23. The fourth-order valence-electron chi connectivity index (χ4n) is 1.10. The summed E-state index contributed by atoms with van der Waals surface area (Å²) in [5.74, 6) is 0.235. The monoisotopic (exact) mass is 193 g/mol. The van der Waals surface area contributed by atoms with Gasteiger partial charge in [0.15, 0.2) is 0 Å². The Labute approximate surface area is 73.3 Å². The Kier molecular flexibility index (Phi) is 3.09. The smallest absolute Gasteiger partial charge is 0.211 e. The molecule has 0 spiro atoms. The summed E-state index contributed by atoms with van der Waals surface area (Å²) in [6, 6.07) is -0.0163. The van der Waals surface area contributed by atoms with Crippen molar-refractivity contribution >= 4 is 10.0 Å². The highest BCUT2D eigenvalue weighted by atomic mass is 32.2. The maximum atomic E-state index is 10.9. The molecule has 0 saturated carbocycles. The molecule has 1 aliphatic heterocycles. The third-order valence-electron chi connectivity index (χ3n) is 1.71. The second-order valence-electron chi connectivity index (χ2n) is 3.30. The number of hydrogen-bond donors (Lipinski definition) is 1. The van der Waals surface area contributed by atoms with Crippen molar-refractivity contribution in [2.45, 2.75) is 32.4 Å². The molecule has 1 aliphatic rings. The van der Waals surface area contributed by atoms with Gasteiger partial charge >= 0.3 is 0 Å². The van der Waals surface area contributed by atoms with Gasteiger partial charge in [0.25, 0.3) is 0 Å². The highest BCUT2D eigenvalue weighted by molar-refractivity contribution is 7.89. The molecule has 1 unspecified atom stereocenters. The van der Waals surface area contributed by atoms with Crippen LogP contribution in [0.2, 0.25) is 0 Å². The summed E-state index contributed by atoms with van der Waals surface area (Å²) < 4.78 is 29.7. The zero-order chi connectivity index (χ0) is 9.19. The van der Waals surface area contributed by atoms with Gasteiger partial charge in [-0.05, 0) is 20.3 Å². The molecule has 72 valence electrons. The molecule has 1 N–H and O–H groups in total. The molecule has 5 heteroatoms. The Morgan fingerprint density at radius 3 is 2.67 bits per heavy atom. The summed E-state index contributed by atoms with van der Waals surface area (Å²) in [5.41, 5.74) is 0. The molecular weight excluding hydrogens is 178 g/mol. The van der Waals surface area contributed by atoms with E-state index in [4.69, 9.17) is 4.74 Å². The van der Waals surface area contributed by atoms with Crippen molar-refractivity contribution in [3.05, 3.63) is 0 Å². The van der Waals surface area contributed by atoms with E-state index in [1.807, 2.05) is 13.8 Å². The molecule has 1 atom stereocenters. The van der Waals surface area contributed by atoms with Crippen molar-refractivity contribution in [1.82, 2.24) is 4.72 Å². The standard InChI is InChI=1S/C7H15NO3S/c1-6(2)11-5-7-3-4-12(9,10)8-7/h6-8H,3-5H2,1-2H3. The molecule has 1 saturated heterocycles. The van der Waals surface area contributed by atoms with Crippen molar-refractivity contribution in [1.29, 1.82) is 0 Å². The third-order valence-corrected chi connectivity index (χ3v) is 3.18. The van der Waals surface area contributed by atoms with Gasteiger partial charge in [0.1, 0.15) is 0 Å². The second kappa shape index (κ2) is 3.72. The number of ether oxygens (including phenoxy) is 1. The Bertz CT molecular complexity index is 235. The van der Waals surface area contributed by atoms with Crippen LogP contribution in [0.3, 0.4) is 0 Å². The predicted molar refractivity (Wildman–Crippen MR) is 46.4 cm³/mol. The van der Waals surface area contributed by atoms with E-state index < -0.39 is 10.0 Å². The van der Waals surface area contributed by atoms with Crippen LogP contribution >= 0.6 is 0 Å². The van der Waals surface area contributed by atoms with Gasteiger partial charge in [-0.25, -0.2) is 13.1 Å². The normalized spacial score (nSPS) is 28.1. The van der Waals surface area contributed by atoms with Crippen molar-refractivity contribution in [3.63, 3.8) is 0 Å². The van der Waals surface area contributed by atoms with Gasteiger partial charge in [-0.3, -0.25) is 0 Å². The first-order valence-corrected chi connectivity index (χ1v) is 5.76. The molecule has 1 fully saturated rings. The molecular formula is C7H15NO3S. The lowest BCUT2D eigenvalue weighted by molar-refractivity contribution is 0.0665. The van der Waals surface area contributed by atoms with Crippen molar-refractivity contribution in [2.24, 2.45) is 0 Å². The van der Waals surface area contributed by atoms with Crippen LogP contribution in [0.1, 0.15) is 20.3 Å². The van der Waals surface area contributed by atoms with Gasteiger partial charge < -0.3 is 4.74 Å². The van der Waals surface area contributed by atoms with E-state index in [0.717, 1.165) is 0 Å². The van der Waals surface area contributed by atoms with Crippen LogP contribution in [-0.4, -0.2) is 32.9 Å². The Morgan fingerprint density at radius 2 is 2.25 bits per heavy atom. The number of hydrogen-bond acceptors (Lipinski definition) is 3. The van der Waals surface area contributed by atoms with Gasteiger partial charge in [-0.1, -0.05) is 0 Å². The first kappa shape index (κ1) is 9.95. The Morgan fingerprint density at radius 1 is 1.58 bits per heavy atom. The van der Waals surface area contributed by atoms with Crippen LogP contribution in [0.25, 0.3) is 0 Å². The lowest BCUT2D eigenvalue weighted by atomic mass is 10.2. The van der Waals surface area contributed by atoms with Crippen LogP contribution in [0, 0.1) is 0 Å². The number of rotatable bonds is 3. The summed E-state index contributed by atoms with van der Waals surface area (Å²) >= 11 is 0. The van der Waals surface area contributed by atoms with E-state index in [9.17, 15) is 8.42 Å². The van der Waals surface area contributed by atoms with E-state index >= 15 is 0 Å². The van der Waals surface area contributed by atoms with Crippen LogP contribution in [-0.2, 0) is 14.8 Å². The second-order valence-corrected chi connectivity index (χ2v) is 5.18. The van der Waals surface area contributed by atoms with Crippen LogP contribution in [0.5, 0.6) is 0 Å². The molecule has 1 rings (SSSR count). The van der Waals surface area contributed by atoms with Crippen LogP contribution in [0.15, 0.2) is 0 Å². The summed E-state index contributed by atoms with van der Waals surface area (Å²) in [6.07, 6.45) is 0.824. The van der Waals surface area contributed by atoms with E-state index in [2.05, 4.69) is 4.72 Å². The Hall–Kier alpha value is -0.130. The molecule has 12 heavy (non-hydrogen) atoms. The Balaban J connectivity index is 2.29. The molecule has 4 nitrogen and oxygen atoms in total. The molecule has 0 bridgehead atoms. The molecule has 0 aromatic heterocycles.